The monoisotopic (exact) mass is 396 g/mol. The number of rotatable bonds is 5. The summed E-state index contributed by atoms with van der Waals surface area (Å²) in [5, 5.41) is 12.4. The lowest BCUT2D eigenvalue weighted by atomic mass is 10.1. The lowest BCUT2D eigenvalue weighted by Crippen LogP contribution is -2.17. The van der Waals surface area contributed by atoms with Crippen LogP contribution in [0.2, 0.25) is 0 Å². The molecule has 1 amide bonds. The van der Waals surface area contributed by atoms with Crippen LogP contribution in [0.5, 0.6) is 5.75 Å². The maximum Gasteiger partial charge on any atom is 0.261 e. The van der Waals surface area contributed by atoms with Crippen LogP contribution in [0, 0.1) is 13.8 Å². The SMILES string of the molecule is Cc1cccc(NS(=O)(=O)c2ccc(C)c(C(=O)Nc3ccccc3O)c2)c1. The second kappa shape index (κ2) is 7.74. The van der Waals surface area contributed by atoms with Gasteiger partial charge in [0.2, 0.25) is 0 Å². The number of para-hydroxylation sites is 2. The molecule has 0 bridgehead atoms. The maximum absolute atomic E-state index is 12.7. The number of hydrogen-bond acceptors (Lipinski definition) is 4. The second-order valence-electron chi connectivity index (χ2n) is 6.42. The Labute approximate surface area is 163 Å². The van der Waals surface area contributed by atoms with Crippen LogP contribution in [0.4, 0.5) is 11.4 Å². The Balaban J connectivity index is 1.90. The molecule has 6 nitrogen and oxygen atoms in total. The molecule has 144 valence electrons. The van der Waals surface area contributed by atoms with E-state index in [2.05, 4.69) is 10.0 Å². The van der Waals surface area contributed by atoms with Crippen LogP contribution in [0.1, 0.15) is 21.5 Å². The summed E-state index contributed by atoms with van der Waals surface area (Å²) in [5.74, 6) is -0.579. The van der Waals surface area contributed by atoms with Crippen LogP contribution < -0.4 is 10.0 Å². The number of sulfonamides is 1. The summed E-state index contributed by atoms with van der Waals surface area (Å²) in [7, 11) is -3.86. The maximum atomic E-state index is 12.7. The van der Waals surface area contributed by atoms with Gasteiger partial charge in [-0.05, 0) is 61.4 Å². The minimum absolute atomic E-state index is 0.0259. The van der Waals surface area contributed by atoms with Crippen molar-refractivity contribution in [1.82, 2.24) is 0 Å². The van der Waals surface area contributed by atoms with Crippen LogP contribution in [0.15, 0.2) is 71.6 Å². The van der Waals surface area contributed by atoms with E-state index in [4.69, 9.17) is 0 Å². The fourth-order valence-electron chi connectivity index (χ4n) is 2.70. The number of aryl methyl sites for hydroxylation is 2. The van der Waals surface area contributed by atoms with Crippen molar-refractivity contribution in [3.8, 4) is 5.75 Å². The Bertz CT molecular complexity index is 1140. The highest BCUT2D eigenvalue weighted by molar-refractivity contribution is 7.92. The summed E-state index contributed by atoms with van der Waals surface area (Å²) in [5.41, 5.74) is 2.43. The molecule has 3 aromatic carbocycles. The Morgan fingerprint density at radius 2 is 1.68 bits per heavy atom. The molecule has 0 aliphatic heterocycles. The summed E-state index contributed by atoms with van der Waals surface area (Å²) in [4.78, 5) is 12.6. The zero-order valence-corrected chi connectivity index (χ0v) is 16.2. The molecule has 3 rings (SSSR count). The van der Waals surface area contributed by atoms with Crippen molar-refractivity contribution >= 4 is 27.3 Å². The summed E-state index contributed by atoms with van der Waals surface area (Å²) >= 11 is 0. The van der Waals surface area contributed by atoms with E-state index in [1.54, 1.807) is 49.4 Å². The minimum atomic E-state index is -3.86. The summed E-state index contributed by atoms with van der Waals surface area (Å²) in [6.07, 6.45) is 0. The number of nitrogens with one attached hydrogen (secondary N) is 2. The first-order chi connectivity index (χ1) is 13.3. The quantitative estimate of drug-likeness (QED) is 0.567. The molecule has 0 aliphatic rings. The summed E-state index contributed by atoms with van der Waals surface area (Å²) < 4.78 is 28.0. The van der Waals surface area contributed by atoms with Crippen molar-refractivity contribution in [2.45, 2.75) is 18.7 Å². The van der Waals surface area contributed by atoms with E-state index in [1.807, 2.05) is 13.0 Å². The average Bonchev–Trinajstić information content (AvgIpc) is 2.63. The lowest BCUT2D eigenvalue weighted by Gasteiger charge is -2.12. The van der Waals surface area contributed by atoms with E-state index in [9.17, 15) is 18.3 Å². The molecule has 3 aromatic rings. The van der Waals surface area contributed by atoms with E-state index < -0.39 is 15.9 Å². The fourth-order valence-corrected chi connectivity index (χ4v) is 3.78. The first kappa shape index (κ1) is 19.4. The third-order valence-corrected chi connectivity index (χ3v) is 5.57. The first-order valence-corrected chi connectivity index (χ1v) is 10.0. The second-order valence-corrected chi connectivity index (χ2v) is 8.11. The molecule has 0 radical (unpaired) electrons. The standard InChI is InChI=1S/C21H20N2O4S/c1-14-6-5-7-16(12-14)23-28(26,27)17-11-10-15(2)18(13-17)21(25)22-19-8-3-4-9-20(19)24/h3-13,23-24H,1-2H3,(H,22,25). The molecular weight excluding hydrogens is 376 g/mol. The molecule has 0 atom stereocenters. The minimum Gasteiger partial charge on any atom is -0.506 e. The predicted molar refractivity (Wildman–Crippen MR) is 109 cm³/mol. The molecule has 28 heavy (non-hydrogen) atoms. The van der Waals surface area contributed by atoms with Crippen LogP contribution >= 0.6 is 0 Å². The first-order valence-electron chi connectivity index (χ1n) is 8.56. The van der Waals surface area contributed by atoms with E-state index >= 15 is 0 Å². The van der Waals surface area contributed by atoms with Gasteiger partial charge in [0.25, 0.3) is 15.9 Å². The van der Waals surface area contributed by atoms with Crippen molar-refractivity contribution in [3.63, 3.8) is 0 Å². The number of hydrogen-bond donors (Lipinski definition) is 3. The van der Waals surface area contributed by atoms with Gasteiger partial charge in [0, 0.05) is 11.3 Å². The molecule has 0 aromatic heterocycles. The van der Waals surface area contributed by atoms with Gasteiger partial charge in [0.05, 0.1) is 10.6 Å². The van der Waals surface area contributed by atoms with E-state index in [0.717, 1.165) is 5.56 Å². The van der Waals surface area contributed by atoms with Crippen molar-refractivity contribution < 1.29 is 18.3 Å². The Morgan fingerprint density at radius 1 is 0.929 bits per heavy atom. The largest absolute Gasteiger partial charge is 0.506 e. The number of carbonyl (C=O) groups excluding carboxylic acids is 1. The molecule has 7 heteroatoms. The third kappa shape index (κ3) is 4.32. The van der Waals surface area contributed by atoms with E-state index in [-0.39, 0.29) is 21.9 Å². The van der Waals surface area contributed by atoms with Gasteiger partial charge in [-0.3, -0.25) is 9.52 Å². The molecule has 0 saturated carbocycles. The molecular formula is C21H20N2O4S. The molecule has 0 aliphatic carbocycles. The third-order valence-electron chi connectivity index (χ3n) is 4.19. The van der Waals surface area contributed by atoms with Crippen molar-refractivity contribution in [3.05, 3.63) is 83.4 Å². The highest BCUT2D eigenvalue weighted by atomic mass is 32.2. The fraction of sp³-hybridized carbons (Fsp3) is 0.0952. The van der Waals surface area contributed by atoms with E-state index in [0.29, 0.717) is 11.3 Å². The topological polar surface area (TPSA) is 95.5 Å². The van der Waals surface area contributed by atoms with Gasteiger partial charge in [-0.2, -0.15) is 0 Å². The molecule has 0 unspecified atom stereocenters. The van der Waals surface area contributed by atoms with E-state index in [1.165, 1.54) is 18.2 Å². The van der Waals surface area contributed by atoms with Gasteiger partial charge >= 0.3 is 0 Å². The highest BCUT2D eigenvalue weighted by Gasteiger charge is 2.19. The number of carbonyl (C=O) groups is 1. The van der Waals surface area contributed by atoms with Crippen LogP contribution in [0.3, 0.4) is 0 Å². The van der Waals surface area contributed by atoms with Crippen molar-refractivity contribution in [1.29, 1.82) is 0 Å². The lowest BCUT2D eigenvalue weighted by molar-refractivity contribution is 0.102. The van der Waals surface area contributed by atoms with Gasteiger partial charge in [0.15, 0.2) is 0 Å². The van der Waals surface area contributed by atoms with Crippen molar-refractivity contribution in [2.24, 2.45) is 0 Å². The number of phenolic OH excluding ortho intramolecular Hbond substituents is 1. The Morgan fingerprint density at radius 3 is 2.39 bits per heavy atom. The molecule has 0 fully saturated rings. The van der Waals surface area contributed by atoms with Crippen LogP contribution in [-0.4, -0.2) is 19.4 Å². The number of anilines is 2. The number of benzene rings is 3. The molecule has 0 heterocycles. The van der Waals surface area contributed by atoms with Gasteiger partial charge in [-0.1, -0.05) is 30.3 Å². The molecule has 0 saturated heterocycles. The zero-order chi connectivity index (χ0) is 20.3. The summed E-state index contributed by atoms with van der Waals surface area (Å²) in [6.45, 7) is 3.58. The Kier molecular flexibility index (Phi) is 5.37. The van der Waals surface area contributed by atoms with Gasteiger partial charge in [-0.15, -0.1) is 0 Å². The Hall–Kier alpha value is -3.32. The average molecular weight is 396 g/mol. The van der Waals surface area contributed by atoms with Crippen LogP contribution in [0.25, 0.3) is 0 Å². The van der Waals surface area contributed by atoms with Crippen LogP contribution in [-0.2, 0) is 10.0 Å². The predicted octanol–water partition coefficient (Wildman–Crippen LogP) is 4.06. The normalized spacial score (nSPS) is 11.1. The summed E-state index contributed by atoms with van der Waals surface area (Å²) in [6, 6.07) is 17.7. The smallest absolute Gasteiger partial charge is 0.261 e. The number of phenols is 1. The highest BCUT2D eigenvalue weighted by Crippen LogP contribution is 2.24. The number of aromatic hydroxyl groups is 1. The van der Waals surface area contributed by atoms with Crippen molar-refractivity contribution in [2.75, 3.05) is 10.0 Å². The van der Waals surface area contributed by atoms with Gasteiger partial charge in [0.1, 0.15) is 5.75 Å². The zero-order valence-electron chi connectivity index (χ0n) is 15.4. The number of amides is 1. The van der Waals surface area contributed by atoms with Gasteiger partial charge < -0.3 is 10.4 Å². The van der Waals surface area contributed by atoms with Gasteiger partial charge in [-0.25, -0.2) is 8.42 Å². The molecule has 0 spiro atoms. The molecule has 3 N–H and O–H groups in total.